The van der Waals surface area contributed by atoms with Gasteiger partial charge in [-0.2, -0.15) is 0 Å². The number of likely N-dealkylation sites (N-methyl/N-ethyl adjacent to an activating group) is 1. The highest BCUT2D eigenvalue weighted by Gasteiger charge is 2.44. The van der Waals surface area contributed by atoms with Crippen LogP contribution < -0.4 is 11.1 Å². The van der Waals surface area contributed by atoms with Crippen LogP contribution in [0.3, 0.4) is 0 Å². The molecule has 0 aromatic heterocycles. The Morgan fingerprint density at radius 1 is 1.47 bits per heavy atom. The monoisotopic (exact) mass is 211 g/mol. The van der Waals surface area contributed by atoms with E-state index in [1.54, 1.807) is 0 Å². The van der Waals surface area contributed by atoms with Crippen molar-refractivity contribution in [1.82, 2.24) is 10.2 Å². The van der Waals surface area contributed by atoms with Gasteiger partial charge in [0.15, 0.2) is 0 Å². The lowest BCUT2D eigenvalue weighted by atomic mass is 9.96. The van der Waals surface area contributed by atoms with Crippen LogP contribution in [0.15, 0.2) is 0 Å². The van der Waals surface area contributed by atoms with Gasteiger partial charge in [-0.15, -0.1) is 0 Å². The van der Waals surface area contributed by atoms with Crippen molar-refractivity contribution in [2.24, 2.45) is 5.73 Å². The second kappa shape index (κ2) is 4.10. The maximum atomic E-state index is 11.5. The molecule has 2 unspecified atom stereocenters. The van der Waals surface area contributed by atoms with Gasteiger partial charge in [-0.25, -0.2) is 0 Å². The fourth-order valence-electron chi connectivity index (χ4n) is 3.01. The molecule has 0 bridgehead atoms. The van der Waals surface area contributed by atoms with Crippen LogP contribution >= 0.6 is 0 Å². The fraction of sp³-hybridized carbons (Fsp3) is 0.909. The number of hydrogen-bond acceptors (Lipinski definition) is 3. The Morgan fingerprint density at radius 3 is 2.60 bits per heavy atom. The third-order valence-electron chi connectivity index (χ3n) is 4.10. The molecule has 1 aliphatic heterocycles. The van der Waals surface area contributed by atoms with E-state index in [1.165, 1.54) is 25.9 Å². The zero-order chi connectivity index (χ0) is 10.9. The highest BCUT2D eigenvalue weighted by molar-refractivity contribution is 5.85. The van der Waals surface area contributed by atoms with Crippen LogP contribution in [0.2, 0.25) is 0 Å². The molecule has 1 saturated heterocycles. The first-order valence-electron chi connectivity index (χ1n) is 5.91. The van der Waals surface area contributed by atoms with Crippen LogP contribution in [-0.2, 0) is 4.79 Å². The first kappa shape index (κ1) is 10.9. The van der Waals surface area contributed by atoms with Crippen molar-refractivity contribution in [3.8, 4) is 0 Å². The number of carbonyl (C=O) groups excluding carboxylic acids is 1. The predicted octanol–water partition coefficient (Wildman–Crippen LogP) is 0.0782. The Bertz CT molecular complexity index is 250. The summed E-state index contributed by atoms with van der Waals surface area (Å²) in [6, 6.07) is 0.562. The maximum Gasteiger partial charge on any atom is 0.237 e. The quantitative estimate of drug-likeness (QED) is 0.695. The van der Waals surface area contributed by atoms with Crippen LogP contribution in [0.1, 0.15) is 32.1 Å². The highest BCUT2D eigenvalue weighted by atomic mass is 16.1. The number of nitrogens with two attached hydrogens (primary N) is 1. The molecule has 4 nitrogen and oxygen atoms in total. The number of primary amides is 1. The van der Waals surface area contributed by atoms with Gasteiger partial charge in [0.05, 0.1) is 5.54 Å². The second-order valence-corrected chi connectivity index (χ2v) is 4.84. The van der Waals surface area contributed by atoms with Gasteiger partial charge in [0, 0.05) is 6.04 Å². The molecule has 4 heteroatoms. The number of amides is 1. The molecule has 2 rings (SSSR count). The summed E-state index contributed by atoms with van der Waals surface area (Å²) in [6.07, 6.45) is 5.49. The summed E-state index contributed by atoms with van der Waals surface area (Å²) in [7, 11) is 1.84. The Hall–Kier alpha value is -0.610. The highest BCUT2D eigenvalue weighted by Crippen LogP contribution is 2.34. The van der Waals surface area contributed by atoms with Gasteiger partial charge in [0.25, 0.3) is 0 Å². The minimum absolute atomic E-state index is 0.188. The zero-order valence-electron chi connectivity index (χ0n) is 9.46. The molecule has 1 aliphatic carbocycles. The predicted molar refractivity (Wildman–Crippen MR) is 59.4 cm³/mol. The minimum Gasteiger partial charge on any atom is -0.368 e. The Balaban J connectivity index is 2.00. The van der Waals surface area contributed by atoms with Gasteiger partial charge in [-0.3, -0.25) is 4.79 Å². The lowest BCUT2D eigenvalue weighted by Gasteiger charge is -2.28. The Labute approximate surface area is 91.2 Å². The Morgan fingerprint density at radius 2 is 2.13 bits per heavy atom. The smallest absolute Gasteiger partial charge is 0.237 e. The minimum atomic E-state index is -0.437. The fourth-order valence-corrected chi connectivity index (χ4v) is 3.01. The number of likely N-dealkylation sites (tertiary alicyclic amines) is 1. The molecule has 0 radical (unpaired) electrons. The molecular formula is C11H21N3O. The van der Waals surface area contributed by atoms with Crippen LogP contribution in [0, 0.1) is 0 Å². The number of hydrogen-bond donors (Lipinski definition) is 2. The summed E-state index contributed by atoms with van der Waals surface area (Å²) in [5.74, 6) is -0.188. The first-order valence-corrected chi connectivity index (χ1v) is 5.91. The van der Waals surface area contributed by atoms with E-state index >= 15 is 0 Å². The summed E-state index contributed by atoms with van der Waals surface area (Å²) in [5.41, 5.74) is 5.05. The standard InChI is InChI=1S/C11H21N3O/c1-13-11(10(12)15)5-4-9(8-11)14-6-2-3-7-14/h9,13H,2-8H2,1H3,(H2,12,15). The molecule has 2 fully saturated rings. The molecule has 1 amide bonds. The van der Waals surface area contributed by atoms with Crippen molar-refractivity contribution in [3.63, 3.8) is 0 Å². The van der Waals surface area contributed by atoms with E-state index in [4.69, 9.17) is 5.73 Å². The van der Waals surface area contributed by atoms with Crippen LogP contribution in [0.5, 0.6) is 0 Å². The van der Waals surface area contributed by atoms with Crippen molar-refractivity contribution >= 4 is 5.91 Å². The van der Waals surface area contributed by atoms with E-state index in [1.807, 2.05) is 7.05 Å². The maximum absolute atomic E-state index is 11.5. The Kier molecular flexibility index (Phi) is 2.98. The van der Waals surface area contributed by atoms with Gasteiger partial charge in [-0.05, 0) is 52.2 Å². The normalized spacial score (nSPS) is 37.3. The van der Waals surface area contributed by atoms with Crippen molar-refractivity contribution in [1.29, 1.82) is 0 Å². The molecular weight excluding hydrogens is 190 g/mol. The second-order valence-electron chi connectivity index (χ2n) is 4.84. The van der Waals surface area contributed by atoms with E-state index < -0.39 is 5.54 Å². The summed E-state index contributed by atoms with van der Waals surface area (Å²) in [6.45, 7) is 2.40. The van der Waals surface area contributed by atoms with Gasteiger partial charge < -0.3 is 16.0 Å². The topological polar surface area (TPSA) is 58.4 Å². The summed E-state index contributed by atoms with van der Waals surface area (Å²) in [5, 5.41) is 3.13. The molecule has 2 aliphatic rings. The third kappa shape index (κ3) is 1.88. The van der Waals surface area contributed by atoms with Crippen LogP contribution in [-0.4, -0.2) is 42.5 Å². The van der Waals surface area contributed by atoms with Crippen LogP contribution in [0.4, 0.5) is 0 Å². The largest absolute Gasteiger partial charge is 0.368 e. The van der Waals surface area contributed by atoms with E-state index in [2.05, 4.69) is 10.2 Å². The lowest BCUT2D eigenvalue weighted by molar-refractivity contribution is -0.124. The van der Waals surface area contributed by atoms with Crippen molar-refractivity contribution < 1.29 is 4.79 Å². The number of carbonyl (C=O) groups is 1. The first-order chi connectivity index (χ1) is 7.18. The van der Waals surface area contributed by atoms with E-state index in [-0.39, 0.29) is 5.91 Å². The van der Waals surface area contributed by atoms with Crippen LogP contribution in [0.25, 0.3) is 0 Å². The molecule has 1 heterocycles. The molecule has 2 atom stereocenters. The zero-order valence-corrected chi connectivity index (χ0v) is 9.46. The molecule has 1 saturated carbocycles. The lowest BCUT2D eigenvalue weighted by Crippen LogP contribution is -2.53. The molecule has 0 spiro atoms. The van der Waals surface area contributed by atoms with Gasteiger partial charge >= 0.3 is 0 Å². The van der Waals surface area contributed by atoms with Gasteiger partial charge in [-0.1, -0.05) is 0 Å². The summed E-state index contributed by atoms with van der Waals surface area (Å²) < 4.78 is 0. The van der Waals surface area contributed by atoms with Crippen molar-refractivity contribution in [2.75, 3.05) is 20.1 Å². The van der Waals surface area contributed by atoms with Crippen molar-refractivity contribution in [2.45, 2.75) is 43.7 Å². The number of nitrogens with zero attached hydrogens (tertiary/aromatic N) is 1. The summed E-state index contributed by atoms with van der Waals surface area (Å²) >= 11 is 0. The average molecular weight is 211 g/mol. The van der Waals surface area contributed by atoms with E-state index in [0.29, 0.717) is 6.04 Å². The SMILES string of the molecule is CNC1(C(N)=O)CCC(N2CCCC2)C1. The molecule has 86 valence electrons. The molecule has 3 N–H and O–H groups in total. The van der Waals surface area contributed by atoms with Crippen molar-refractivity contribution in [3.05, 3.63) is 0 Å². The van der Waals surface area contributed by atoms with E-state index in [0.717, 1.165) is 19.3 Å². The average Bonchev–Trinajstić information content (AvgIpc) is 2.87. The number of rotatable bonds is 3. The summed E-state index contributed by atoms with van der Waals surface area (Å²) in [4.78, 5) is 14.0. The van der Waals surface area contributed by atoms with E-state index in [9.17, 15) is 4.79 Å². The molecule has 0 aromatic rings. The molecule has 0 aromatic carbocycles. The number of nitrogens with one attached hydrogen (secondary N) is 1. The molecule has 15 heavy (non-hydrogen) atoms. The van der Waals surface area contributed by atoms with Gasteiger partial charge in [0.1, 0.15) is 0 Å². The van der Waals surface area contributed by atoms with Gasteiger partial charge in [0.2, 0.25) is 5.91 Å². The third-order valence-corrected chi connectivity index (χ3v) is 4.10.